The Morgan fingerprint density at radius 1 is 1.17 bits per heavy atom. The maximum absolute atomic E-state index is 12.8. The van der Waals surface area contributed by atoms with E-state index in [2.05, 4.69) is 0 Å². The minimum Gasteiger partial charge on any atom is -0.366 e. The van der Waals surface area contributed by atoms with Crippen molar-refractivity contribution in [2.45, 2.75) is 6.92 Å². The molecule has 3 rings (SSSR count). The fourth-order valence-electron chi connectivity index (χ4n) is 2.68. The van der Waals surface area contributed by atoms with Crippen molar-refractivity contribution in [1.82, 2.24) is 4.57 Å². The van der Waals surface area contributed by atoms with Gasteiger partial charge in [0.05, 0.1) is 16.0 Å². The average Bonchev–Trinajstić information content (AvgIpc) is 2.93. The van der Waals surface area contributed by atoms with Gasteiger partial charge in [0, 0.05) is 28.8 Å². The molecule has 7 heteroatoms. The molecule has 0 saturated carbocycles. The second-order valence-corrected chi connectivity index (χ2v) is 5.36. The molecule has 0 radical (unpaired) electrons. The van der Waals surface area contributed by atoms with E-state index in [0.717, 1.165) is 0 Å². The van der Waals surface area contributed by atoms with Gasteiger partial charge in [0.25, 0.3) is 17.5 Å². The molecule has 1 aromatic heterocycles. The second kappa shape index (κ2) is 5.62. The number of rotatable bonds is 3. The largest absolute Gasteiger partial charge is 0.366 e. The number of hydrogen-bond acceptors (Lipinski definition) is 4. The third-order valence-corrected chi connectivity index (χ3v) is 3.84. The number of benzene rings is 2. The summed E-state index contributed by atoms with van der Waals surface area (Å²) in [6.45, 7) is 1.57. The van der Waals surface area contributed by atoms with Crippen LogP contribution in [0.25, 0.3) is 10.9 Å². The van der Waals surface area contributed by atoms with Crippen molar-refractivity contribution >= 4 is 28.4 Å². The van der Waals surface area contributed by atoms with Crippen LogP contribution in [0.4, 0.5) is 5.69 Å². The molecule has 2 N–H and O–H groups in total. The third kappa shape index (κ3) is 2.41. The zero-order valence-corrected chi connectivity index (χ0v) is 12.7. The normalized spacial score (nSPS) is 10.7. The first-order chi connectivity index (χ1) is 11.4. The van der Waals surface area contributed by atoms with Crippen LogP contribution in [-0.2, 0) is 0 Å². The van der Waals surface area contributed by atoms with Gasteiger partial charge in [0.1, 0.15) is 0 Å². The summed E-state index contributed by atoms with van der Waals surface area (Å²) in [6.07, 6.45) is 1.39. The Balaban J connectivity index is 2.14. The fraction of sp³-hybridized carbons (Fsp3) is 0.0588. The van der Waals surface area contributed by atoms with Crippen LogP contribution in [0.5, 0.6) is 0 Å². The van der Waals surface area contributed by atoms with Gasteiger partial charge in [0.15, 0.2) is 0 Å². The van der Waals surface area contributed by atoms with Crippen LogP contribution in [0.1, 0.15) is 26.3 Å². The number of carbonyl (C=O) groups excluding carboxylic acids is 2. The van der Waals surface area contributed by atoms with Gasteiger partial charge in [-0.05, 0) is 25.1 Å². The van der Waals surface area contributed by atoms with Gasteiger partial charge in [-0.25, -0.2) is 0 Å². The minimum atomic E-state index is -0.627. The highest BCUT2D eigenvalue weighted by molar-refractivity contribution is 6.11. The van der Waals surface area contributed by atoms with Gasteiger partial charge in [-0.3, -0.25) is 24.3 Å². The summed E-state index contributed by atoms with van der Waals surface area (Å²) < 4.78 is 1.33. The molecule has 0 fully saturated rings. The van der Waals surface area contributed by atoms with Crippen molar-refractivity contribution < 1.29 is 14.5 Å². The first-order valence-corrected chi connectivity index (χ1v) is 7.10. The SMILES string of the molecule is Cc1cc(C(=O)n2cc(C(N)=O)c3ccccc32)ccc1[N+](=O)[O-]. The summed E-state index contributed by atoms with van der Waals surface area (Å²) in [6, 6.07) is 11.1. The predicted molar refractivity (Wildman–Crippen MR) is 88.0 cm³/mol. The lowest BCUT2D eigenvalue weighted by Crippen LogP contribution is -2.13. The summed E-state index contributed by atoms with van der Waals surface area (Å²) >= 11 is 0. The molecule has 0 aliphatic rings. The molecule has 1 heterocycles. The Kier molecular flexibility index (Phi) is 3.61. The van der Waals surface area contributed by atoms with Crippen molar-refractivity contribution in [3.63, 3.8) is 0 Å². The smallest absolute Gasteiger partial charge is 0.272 e. The van der Waals surface area contributed by atoms with Crippen molar-refractivity contribution in [3.8, 4) is 0 Å². The zero-order chi connectivity index (χ0) is 17.4. The second-order valence-electron chi connectivity index (χ2n) is 5.36. The maximum Gasteiger partial charge on any atom is 0.272 e. The summed E-state index contributed by atoms with van der Waals surface area (Å²) in [4.78, 5) is 34.7. The number of aromatic nitrogens is 1. The van der Waals surface area contributed by atoms with E-state index in [4.69, 9.17) is 5.73 Å². The Bertz CT molecular complexity index is 1000. The number of nitrogens with two attached hydrogens (primary N) is 1. The van der Waals surface area contributed by atoms with E-state index >= 15 is 0 Å². The summed E-state index contributed by atoms with van der Waals surface area (Å²) in [5.74, 6) is -1.02. The molecule has 3 aromatic rings. The molecule has 0 unspecified atom stereocenters. The fourth-order valence-corrected chi connectivity index (χ4v) is 2.68. The topological polar surface area (TPSA) is 108 Å². The van der Waals surface area contributed by atoms with Gasteiger partial charge in [-0.1, -0.05) is 18.2 Å². The molecule has 0 bridgehead atoms. The minimum absolute atomic E-state index is 0.0539. The molecule has 24 heavy (non-hydrogen) atoms. The van der Waals surface area contributed by atoms with Gasteiger partial charge in [0.2, 0.25) is 0 Å². The number of aryl methyl sites for hydroxylation is 1. The third-order valence-electron chi connectivity index (χ3n) is 3.84. The summed E-state index contributed by atoms with van der Waals surface area (Å²) in [5.41, 5.74) is 6.79. The number of primary amides is 1. The Hall–Kier alpha value is -3.48. The Morgan fingerprint density at radius 3 is 2.50 bits per heavy atom. The lowest BCUT2D eigenvalue weighted by Gasteiger charge is -2.05. The van der Waals surface area contributed by atoms with Crippen molar-refractivity contribution in [3.05, 3.63) is 75.5 Å². The monoisotopic (exact) mass is 323 g/mol. The molecule has 0 saturated heterocycles. The zero-order valence-electron chi connectivity index (χ0n) is 12.7. The quantitative estimate of drug-likeness (QED) is 0.590. The van der Waals surface area contributed by atoms with E-state index in [1.54, 1.807) is 31.2 Å². The molecule has 7 nitrogen and oxygen atoms in total. The van der Waals surface area contributed by atoms with Crippen LogP contribution in [0.15, 0.2) is 48.7 Å². The molecule has 1 amide bonds. The van der Waals surface area contributed by atoms with Crippen molar-refractivity contribution in [2.24, 2.45) is 5.73 Å². The number of nitro groups is 1. The average molecular weight is 323 g/mol. The van der Waals surface area contributed by atoms with E-state index in [-0.39, 0.29) is 16.8 Å². The van der Waals surface area contributed by atoms with E-state index in [1.165, 1.54) is 29.0 Å². The van der Waals surface area contributed by atoms with E-state index in [9.17, 15) is 19.7 Å². The highest BCUT2D eigenvalue weighted by atomic mass is 16.6. The number of nitrogens with zero attached hydrogens (tertiary/aromatic N) is 2. The van der Waals surface area contributed by atoms with Crippen LogP contribution >= 0.6 is 0 Å². The van der Waals surface area contributed by atoms with Gasteiger partial charge < -0.3 is 5.73 Å². The highest BCUT2D eigenvalue weighted by Crippen LogP contribution is 2.24. The molecule has 0 aliphatic heterocycles. The van der Waals surface area contributed by atoms with Gasteiger partial charge >= 0.3 is 0 Å². The van der Waals surface area contributed by atoms with Crippen LogP contribution in [0, 0.1) is 17.0 Å². The Labute approximate surface area is 136 Å². The molecule has 0 atom stereocenters. The number of amides is 1. The number of carbonyl (C=O) groups is 2. The molecule has 120 valence electrons. The van der Waals surface area contributed by atoms with Crippen LogP contribution in [0.3, 0.4) is 0 Å². The van der Waals surface area contributed by atoms with Crippen LogP contribution in [-0.4, -0.2) is 21.3 Å². The number of fused-ring (bicyclic) bond motifs is 1. The van der Waals surface area contributed by atoms with Crippen molar-refractivity contribution in [1.29, 1.82) is 0 Å². The summed E-state index contributed by atoms with van der Waals surface area (Å²) in [7, 11) is 0. The highest BCUT2D eigenvalue weighted by Gasteiger charge is 2.19. The maximum atomic E-state index is 12.8. The first-order valence-electron chi connectivity index (χ1n) is 7.10. The lowest BCUT2D eigenvalue weighted by molar-refractivity contribution is -0.385. The Morgan fingerprint density at radius 2 is 1.88 bits per heavy atom. The molecule has 2 aromatic carbocycles. The number of para-hydroxylation sites is 1. The predicted octanol–water partition coefficient (Wildman–Crippen LogP) is 2.65. The lowest BCUT2D eigenvalue weighted by atomic mass is 10.1. The van der Waals surface area contributed by atoms with Crippen LogP contribution in [0.2, 0.25) is 0 Å². The van der Waals surface area contributed by atoms with Crippen LogP contribution < -0.4 is 5.73 Å². The summed E-state index contributed by atoms with van der Waals surface area (Å²) in [5, 5.41) is 11.5. The standard InChI is InChI=1S/C17H13N3O4/c1-10-8-11(6-7-14(10)20(23)24)17(22)19-9-13(16(18)21)12-4-2-3-5-15(12)19/h2-9H,1H3,(H2,18,21). The van der Waals surface area contributed by atoms with E-state index < -0.39 is 16.7 Å². The molecular weight excluding hydrogens is 310 g/mol. The number of hydrogen-bond donors (Lipinski definition) is 1. The first kappa shape index (κ1) is 15.4. The van der Waals surface area contributed by atoms with E-state index in [0.29, 0.717) is 16.5 Å². The van der Waals surface area contributed by atoms with Crippen molar-refractivity contribution in [2.75, 3.05) is 0 Å². The molecule has 0 spiro atoms. The van der Waals surface area contributed by atoms with Gasteiger partial charge in [-0.15, -0.1) is 0 Å². The van der Waals surface area contributed by atoms with E-state index in [1.807, 2.05) is 0 Å². The van der Waals surface area contributed by atoms with Gasteiger partial charge in [-0.2, -0.15) is 0 Å². The molecule has 0 aliphatic carbocycles. The number of nitro benzene ring substituents is 1. The molecular formula is C17H13N3O4.